The molecule has 0 amide bonds. The van der Waals surface area contributed by atoms with Crippen molar-refractivity contribution in [2.75, 3.05) is 13.2 Å². The van der Waals surface area contributed by atoms with Crippen molar-refractivity contribution in [1.29, 1.82) is 0 Å². The number of hydrogen-bond donors (Lipinski definition) is 0. The van der Waals surface area contributed by atoms with Gasteiger partial charge in [-0.2, -0.15) is 0 Å². The number of aliphatic imine (C=N–C) groups is 1. The van der Waals surface area contributed by atoms with E-state index in [0.717, 1.165) is 45.3 Å². The summed E-state index contributed by atoms with van der Waals surface area (Å²) in [6, 6.07) is 6.20. The smallest absolute Gasteiger partial charge is 0.140 e. The molecule has 5 nitrogen and oxygen atoms in total. The molecule has 0 saturated heterocycles. The average molecular weight is 381 g/mol. The Morgan fingerprint density at radius 3 is 3.17 bits per heavy atom. The van der Waals surface area contributed by atoms with Crippen molar-refractivity contribution in [2.45, 2.75) is 6.42 Å². The predicted molar refractivity (Wildman–Crippen MR) is 95.5 cm³/mol. The molecule has 0 fully saturated rings. The topological polar surface area (TPSA) is 50.6 Å². The number of nitrogens with zero attached hydrogens (tertiary/aromatic N) is 4. The molecule has 118 valence electrons. The Hall–Kier alpha value is -2.47. The maximum Gasteiger partial charge on any atom is 0.140 e. The monoisotopic (exact) mass is 380 g/mol. The Balaban J connectivity index is 1.66. The number of allylic oxidation sites excluding steroid dienone is 1. The molecule has 0 radical (unpaired) electrons. The van der Waals surface area contributed by atoms with Crippen molar-refractivity contribution in [2.24, 2.45) is 4.99 Å². The molecule has 1 aromatic heterocycles. The van der Waals surface area contributed by atoms with Gasteiger partial charge in [-0.15, -0.1) is 0 Å². The van der Waals surface area contributed by atoms with Gasteiger partial charge in [0.15, 0.2) is 0 Å². The number of rotatable bonds is 1. The standard InChI is InChI=1S/C18H13BrN4O/c19-15-9-24-8-13-3-4-23-17(13)14(15)7-21-18(23)11-1-2-12-6-20-10-22-16(12)5-11/h1-2,5-7,9-10H,3-4,8H2. The largest absolute Gasteiger partial charge is 0.496 e. The minimum absolute atomic E-state index is 0.635. The van der Waals surface area contributed by atoms with Gasteiger partial charge in [0.2, 0.25) is 0 Å². The molecule has 1 aromatic carbocycles. The quantitative estimate of drug-likeness (QED) is 0.759. The number of benzene rings is 1. The van der Waals surface area contributed by atoms with Crippen LogP contribution in [0.1, 0.15) is 12.0 Å². The van der Waals surface area contributed by atoms with Crippen LogP contribution in [-0.2, 0) is 4.74 Å². The van der Waals surface area contributed by atoms with Crippen LogP contribution in [0.5, 0.6) is 0 Å². The van der Waals surface area contributed by atoms with Crippen LogP contribution in [0.15, 0.2) is 69.5 Å². The highest BCUT2D eigenvalue weighted by molar-refractivity contribution is 9.12. The second-order valence-corrected chi connectivity index (χ2v) is 6.78. The van der Waals surface area contributed by atoms with Crippen LogP contribution in [0, 0.1) is 0 Å². The van der Waals surface area contributed by atoms with E-state index in [2.05, 4.69) is 42.9 Å². The summed E-state index contributed by atoms with van der Waals surface area (Å²) in [7, 11) is 0. The summed E-state index contributed by atoms with van der Waals surface area (Å²) in [6.07, 6.45) is 8.08. The lowest BCUT2D eigenvalue weighted by atomic mass is 10.1. The fourth-order valence-corrected chi connectivity index (χ4v) is 3.83. The SMILES string of the molecule is BrC1=COCC2=C3C1=CN=C(c1ccc4cncnc4c1)N3CC2. The summed E-state index contributed by atoms with van der Waals surface area (Å²) < 4.78 is 6.56. The summed E-state index contributed by atoms with van der Waals surface area (Å²) >= 11 is 3.59. The third-order valence-corrected chi connectivity index (χ3v) is 5.15. The van der Waals surface area contributed by atoms with E-state index in [1.807, 2.05) is 18.5 Å². The Bertz CT molecular complexity index is 989. The molecule has 0 atom stereocenters. The highest BCUT2D eigenvalue weighted by atomic mass is 79.9. The zero-order valence-corrected chi connectivity index (χ0v) is 14.3. The fraction of sp³-hybridized carbons (Fsp3) is 0.167. The van der Waals surface area contributed by atoms with E-state index in [1.165, 1.54) is 11.3 Å². The molecule has 0 N–H and O–H groups in total. The Morgan fingerprint density at radius 2 is 2.21 bits per heavy atom. The van der Waals surface area contributed by atoms with E-state index >= 15 is 0 Å². The first-order chi connectivity index (χ1) is 11.8. The van der Waals surface area contributed by atoms with Crippen LogP contribution < -0.4 is 0 Å². The van der Waals surface area contributed by atoms with Gasteiger partial charge >= 0.3 is 0 Å². The van der Waals surface area contributed by atoms with E-state index < -0.39 is 0 Å². The maximum absolute atomic E-state index is 5.63. The van der Waals surface area contributed by atoms with Crippen LogP contribution in [0.2, 0.25) is 0 Å². The van der Waals surface area contributed by atoms with Gasteiger partial charge in [-0.3, -0.25) is 0 Å². The Labute approximate surface area is 147 Å². The van der Waals surface area contributed by atoms with Crippen molar-refractivity contribution in [3.8, 4) is 0 Å². The van der Waals surface area contributed by atoms with E-state index in [4.69, 9.17) is 9.73 Å². The molecule has 6 heteroatoms. The summed E-state index contributed by atoms with van der Waals surface area (Å²) in [6.45, 7) is 1.56. The van der Waals surface area contributed by atoms with Crippen molar-refractivity contribution in [3.63, 3.8) is 0 Å². The van der Waals surface area contributed by atoms with Gasteiger partial charge in [0, 0.05) is 35.5 Å². The maximum atomic E-state index is 5.63. The number of fused-ring (bicyclic) bond motifs is 1. The van der Waals surface area contributed by atoms with Gasteiger partial charge < -0.3 is 9.64 Å². The Kier molecular flexibility index (Phi) is 3.06. The zero-order valence-electron chi connectivity index (χ0n) is 12.7. The van der Waals surface area contributed by atoms with E-state index in [1.54, 1.807) is 12.6 Å². The predicted octanol–water partition coefficient (Wildman–Crippen LogP) is 3.50. The lowest BCUT2D eigenvalue weighted by Gasteiger charge is -2.28. The minimum Gasteiger partial charge on any atom is -0.496 e. The number of aromatic nitrogens is 2. The molecule has 0 spiro atoms. The van der Waals surface area contributed by atoms with Gasteiger partial charge in [0.1, 0.15) is 18.8 Å². The third kappa shape index (κ3) is 2.03. The summed E-state index contributed by atoms with van der Waals surface area (Å²) in [5, 5.41) is 1.03. The first kappa shape index (κ1) is 13.9. The number of amidine groups is 1. The first-order valence-electron chi connectivity index (χ1n) is 7.77. The van der Waals surface area contributed by atoms with Crippen LogP contribution >= 0.6 is 15.9 Å². The molecule has 5 rings (SSSR count). The number of hydrogen-bond acceptors (Lipinski definition) is 5. The molecule has 0 bridgehead atoms. The molecule has 2 aromatic rings. The summed E-state index contributed by atoms with van der Waals surface area (Å²) in [4.78, 5) is 15.5. The number of ether oxygens (including phenoxy) is 1. The molecular weight excluding hydrogens is 368 g/mol. The Morgan fingerprint density at radius 1 is 1.25 bits per heavy atom. The van der Waals surface area contributed by atoms with Crippen LogP contribution in [-0.4, -0.2) is 33.9 Å². The first-order valence-corrected chi connectivity index (χ1v) is 8.56. The van der Waals surface area contributed by atoms with E-state index in [9.17, 15) is 0 Å². The fourth-order valence-electron chi connectivity index (χ4n) is 3.41. The second kappa shape index (κ2) is 5.27. The van der Waals surface area contributed by atoms with Crippen molar-refractivity contribution in [1.82, 2.24) is 14.9 Å². The zero-order chi connectivity index (χ0) is 16.1. The molecule has 4 heterocycles. The van der Waals surface area contributed by atoms with Gasteiger partial charge in [0.25, 0.3) is 0 Å². The molecule has 24 heavy (non-hydrogen) atoms. The molecule has 0 saturated carbocycles. The van der Waals surface area contributed by atoms with Gasteiger partial charge in [-0.1, -0.05) is 12.1 Å². The third-order valence-electron chi connectivity index (χ3n) is 4.54. The van der Waals surface area contributed by atoms with Crippen LogP contribution in [0.4, 0.5) is 0 Å². The van der Waals surface area contributed by atoms with E-state index in [0.29, 0.717) is 6.61 Å². The molecule has 0 aliphatic carbocycles. The highest BCUT2D eigenvalue weighted by Gasteiger charge is 2.33. The van der Waals surface area contributed by atoms with Gasteiger partial charge in [-0.25, -0.2) is 15.0 Å². The lowest BCUT2D eigenvalue weighted by molar-refractivity contribution is 0.279. The van der Waals surface area contributed by atoms with Crippen molar-refractivity contribution in [3.05, 3.63) is 70.1 Å². The van der Waals surface area contributed by atoms with E-state index in [-0.39, 0.29) is 0 Å². The molecule has 0 unspecified atom stereocenters. The van der Waals surface area contributed by atoms with Crippen LogP contribution in [0.3, 0.4) is 0 Å². The normalized spacial score (nSPS) is 19.4. The minimum atomic E-state index is 0.635. The second-order valence-electron chi connectivity index (χ2n) is 5.92. The molecule has 3 aliphatic rings. The van der Waals surface area contributed by atoms with Crippen molar-refractivity contribution < 1.29 is 4.74 Å². The van der Waals surface area contributed by atoms with Crippen LogP contribution in [0.25, 0.3) is 10.9 Å². The lowest BCUT2D eigenvalue weighted by Crippen LogP contribution is -2.31. The van der Waals surface area contributed by atoms with Gasteiger partial charge in [0.05, 0.1) is 22.0 Å². The number of halogens is 1. The van der Waals surface area contributed by atoms with Crippen molar-refractivity contribution >= 4 is 32.7 Å². The molecule has 3 aliphatic heterocycles. The highest BCUT2D eigenvalue weighted by Crippen LogP contribution is 2.40. The summed E-state index contributed by atoms with van der Waals surface area (Å²) in [5.41, 5.74) is 5.63. The molecular formula is C18H13BrN4O. The summed E-state index contributed by atoms with van der Waals surface area (Å²) in [5.74, 6) is 0.964. The average Bonchev–Trinajstić information content (AvgIpc) is 2.97. The van der Waals surface area contributed by atoms with Gasteiger partial charge in [-0.05, 0) is 34.0 Å².